The molecule has 0 aromatic heterocycles. The fourth-order valence-corrected chi connectivity index (χ4v) is 1.00. The second-order valence-corrected chi connectivity index (χ2v) is 2.91. The molecule has 0 radical (unpaired) electrons. The molecule has 5 nitrogen and oxygen atoms in total. The molecule has 0 saturated carbocycles. The molecule has 1 aliphatic heterocycles. The molecule has 0 amide bonds. The van der Waals surface area contributed by atoms with Crippen molar-refractivity contribution >= 4 is 11.6 Å². The Kier molecular flexibility index (Phi) is 10.8. The summed E-state index contributed by atoms with van der Waals surface area (Å²) in [6, 6.07) is 0. The number of hydrogen-bond donors (Lipinski definition) is 2. The Bertz CT molecular complexity index is 175. The third-order valence-corrected chi connectivity index (χ3v) is 1.68. The van der Waals surface area contributed by atoms with Crippen LogP contribution in [0.5, 0.6) is 0 Å². The third-order valence-electron chi connectivity index (χ3n) is 1.68. The highest BCUT2D eigenvalue weighted by Gasteiger charge is 2.06. The Hall–Kier alpha value is -0.780. The number of ketones is 2. The minimum Gasteiger partial charge on any atom is -0.373 e. The zero-order valence-corrected chi connectivity index (χ0v) is 7.47. The van der Waals surface area contributed by atoms with Crippen molar-refractivity contribution < 1.29 is 14.3 Å². The molecule has 1 saturated heterocycles. The normalized spacial score (nSPS) is 19.5. The van der Waals surface area contributed by atoms with E-state index in [0.717, 1.165) is 0 Å². The predicted octanol–water partition coefficient (Wildman–Crippen LogP) is -0.0462. The monoisotopic (exact) mass is 218 g/mol. The van der Waals surface area contributed by atoms with E-state index in [1.54, 1.807) is 0 Å². The van der Waals surface area contributed by atoms with Gasteiger partial charge in [-0.15, -0.1) is 0 Å². The summed E-state index contributed by atoms with van der Waals surface area (Å²) in [6.45, 7) is 1.55. The Balaban J connectivity index is 0. The maximum absolute atomic E-state index is 11.0. The molecule has 0 aromatic carbocycles. The molecule has 90 valence electrons. The lowest BCUT2D eigenvalue weighted by atomic mass is 10.3. The van der Waals surface area contributed by atoms with Crippen LogP contribution in [0.2, 0.25) is 0 Å². The molecule has 0 unspecified atom stereocenters. The van der Waals surface area contributed by atoms with Gasteiger partial charge in [0.05, 0.1) is 19.7 Å². The fourth-order valence-electron chi connectivity index (χ4n) is 1.00. The summed E-state index contributed by atoms with van der Waals surface area (Å²) in [5, 5.41) is 5.74. The van der Waals surface area contributed by atoms with Gasteiger partial charge in [0.25, 0.3) is 0 Å². The Morgan fingerprint density at radius 1 is 1.00 bits per heavy atom. The van der Waals surface area contributed by atoms with Crippen LogP contribution in [0, 0.1) is 0 Å². The van der Waals surface area contributed by atoms with E-state index in [4.69, 9.17) is 4.74 Å². The van der Waals surface area contributed by atoms with Crippen LogP contribution in [-0.2, 0) is 14.3 Å². The Morgan fingerprint density at radius 3 is 2.27 bits per heavy atom. The summed E-state index contributed by atoms with van der Waals surface area (Å²) in [6.07, 6.45) is 0.375. The largest absolute Gasteiger partial charge is 0.373 e. The molecule has 1 rings (SSSR count). The quantitative estimate of drug-likeness (QED) is 0.597. The molecule has 1 fully saturated rings. The molecule has 0 aromatic rings. The Labute approximate surface area is 91.6 Å². The summed E-state index contributed by atoms with van der Waals surface area (Å²) < 4.78 is 5.01. The molecule has 1 aliphatic rings. The van der Waals surface area contributed by atoms with Gasteiger partial charge in [0.2, 0.25) is 0 Å². The van der Waals surface area contributed by atoms with Crippen LogP contribution in [0.3, 0.4) is 0 Å². The summed E-state index contributed by atoms with van der Waals surface area (Å²) in [4.78, 5) is 22.0. The van der Waals surface area contributed by atoms with Gasteiger partial charge in [0, 0.05) is 13.1 Å². The first-order valence-corrected chi connectivity index (χ1v) is 4.31. The number of rotatable bonds is 0. The summed E-state index contributed by atoms with van der Waals surface area (Å²) in [5.74, 6) is 0.118. The van der Waals surface area contributed by atoms with Crippen molar-refractivity contribution in [2.24, 2.45) is 0 Å². The zero-order chi connectivity index (χ0) is 9.52. The van der Waals surface area contributed by atoms with Crippen LogP contribution < -0.4 is 10.6 Å². The number of hydrogen-bond acceptors (Lipinski definition) is 5. The highest BCUT2D eigenvalue weighted by molar-refractivity contribution is 5.82. The minimum atomic E-state index is 0. The second-order valence-electron chi connectivity index (χ2n) is 2.91. The van der Waals surface area contributed by atoms with E-state index in [1.165, 1.54) is 0 Å². The van der Waals surface area contributed by atoms with Crippen LogP contribution in [0.15, 0.2) is 0 Å². The van der Waals surface area contributed by atoms with Gasteiger partial charge in [-0.1, -0.05) is 14.9 Å². The average Bonchev–Trinajstić information content (AvgIpc) is 2.14. The summed E-state index contributed by atoms with van der Waals surface area (Å²) in [7, 11) is 0. The van der Waals surface area contributed by atoms with Crippen molar-refractivity contribution in [2.45, 2.75) is 21.3 Å². The lowest BCUT2D eigenvalue weighted by Crippen LogP contribution is -2.35. The van der Waals surface area contributed by atoms with Crippen molar-refractivity contribution in [2.75, 3.05) is 33.0 Å². The fraction of sp³-hybridized carbons (Fsp3) is 0.800. The van der Waals surface area contributed by atoms with Crippen molar-refractivity contribution in [1.29, 1.82) is 0 Å². The number of carbonyl (C=O) groups is 2. The minimum absolute atomic E-state index is 0. The number of carbonyl (C=O) groups excluding carboxylic acids is 2. The van der Waals surface area contributed by atoms with E-state index < -0.39 is 0 Å². The highest BCUT2D eigenvalue weighted by Crippen LogP contribution is 1.86. The van der Waals surface area contributed by atoms with E-state index in [2.05, 4.69) is 10.6 Å². The SMILES string of the molecule is C.C.O=C1CCOCC(=O)CNCNC1. The zero-order valence-electron chi connectivity index (χ0n) is 7.47. The maximum atomic E-state index is 11.0. The van der Waals surface area contributed by atoms with Crippen LogP contribution in [0.1, 0.15) is 21.3 Å². The van der Waals surface area contributed by atoms with Gasteiger partial charge in [-0.05, 0) is 0 Å². The van der Waals surface area contributed by atoms with Gasteiger partial charge in [-0.25, -0.2) is 0 Å². The Morgan fingerprint density at radius 2 is 1.60 bits per heavy atom. The van der Waals surface area contributed by atoms with E-state index >= 15 is 0 Å². The van der Waals surface area contributed by atoms with Crippen molar-refractivity contribution in [3.63, 3.8) is 0 Å². The van der Waals surface area contributed by atoms with Gasteiger partial charge in [-0.2, -0.15) is 0 Å². The standard InChI is InChI=1S/C8H14N2O3.2CH4/c11-7-1-2-13-5-8(12)4-10-6-9-3-7;;/h9-10H,1-6H2;2*1H4. The van der Waals surface area contributed by atoms with Crippen molar-refractivity contribution in [1.82, 2.24) is 10.6 Å². The van der Waals surface area contributed by atoms with Gasteiger partial charge >= 0.3 is 0 Å². The molecule has 0 spiro atoms. The molecule has 0 atom stereocenters. The van der Waals surface area contributed by atoms with Crippen molar-refractivity contribution in [3.05, 3.63) is 0 Å². The first-order chi connectivity index (χ1) is 6.29. The lowest BCUT2D eigenvalue weighted by Gasteiger charge is -2.02. The number of Topliss-reactive ketones (excluding diaryl/α,β-unsaturated/α-hetero) is 2. The van der Waals surface area contributed by atoms with Gasteiger partial charge in [-0.3, -0.25) is 20.2 Å². The van der Waals surface area contributed by atoms with Crippen molar-refractivity contribution in [3.8, 4) is 0 Å². The highest BCUT2D eigenvalue weighted by atomic mass is 16.5. The van der Waals surface area contributed by atoms with Crippen LogP contribution in [0.25, 0.3) is 0 Å². The first-order valence-electron chi connectivity index (χ1n) is 4.31. The summed E-state index contributed by atoms with van der Waals surface area (Å²) >= 11 is 0. The average molecular weight is 218 g/mol. The molecular weight excluding hydrogens is 196 g/mol. The van der Waals surface area contributed by atoms with Crippen LogP contribution >= 0.6 is 0 Å². The van der Waals surface area contributed by atoms with E-state index in [0.29, 0.717) is 32.8 Å². The van der Waals surface area contributed by atoms with E-state index in [9.17, 15) is 9.59 Å². The lowest BCUT2D eigenvalue weighted by molar-refractivity contribution is -0.124. The second kappa shape index (κ2) is 9.76. The van der Waals surface area contributed by atoms with Crippen LogP contribution in [0.4, 0.5) is 0 Å². The van der Waals surface area contributed by atoms with Crippen LogP contribution in [-0.4, -0.2) is 44.5 Å². The van der Waals surface area contributed by atoms with E-state index in [-0.39, 0.29) is 33.0 Å². The molecule has 1 heterocycles. The molecule has 5 heteroatoms. The third kappa shape index (κ3) is 8.23. The van der Waals surface area contributed by atoms with E-state index in [1.807, 2.05) is 0 Å². The maximum Gasteiger partial charge on any atom is 0.172 e. The van der Waals surface area contributed by atoms with Gasteiger partial charge in [0.15, 0.2) is 5.78 Å². The topological polar surface area (TPSA) is 67.4 Å². The van der Waals surface area contributed by atoms with Gasteiger partial charge in [0.1, 0.15) is 12.4 Å². The molecule has 0 bridgehead atoms. The molecule has 0 aliphatic carbocycles. The first kappa shape index (κ1) is 16.6. The number of nitrogens with one attached hydrogen (secondary N) is 2. The molecule has 2 N–H and O–H groups in total. The predicted molar refractivity (Wildman–Crippen MR) is 59.8 cm³/mol. The smallest absolute Gasteiger partial charge is 0.172 e. The van der Waals surface area contributed by atoms with Gasteiger partial charge < -0.3 is 4.74 Å². The summed E-state index contributed by atoms with van der Waals surface area (Å²) in [5.41, 5.74) is 0. The molecular formula is C10H22N2O3. The molecule has 15 heavy (non-hydrogen) atoms. The number of ether oxygens (including phenoxy) is 1.